The van der Waals surface area contributed by atoms with Crippen LogP contribution in [0.25, 0.3) is 0 Å². The summed E-state index contributed by atoms with van der Waals surface area (Å²) in [5.74, 6) is -1.93. The average Bonchev–Trinajstić information content (AvgIpc) is 2.34. The normalized spacial score (nSPS) is 13.2. The standard InChI is InChI=1S/C12H16FNO4S/c1-2-3-7-11(12(15)16)14-19(17,18)10-6-4-5-9(13)8-10/h4-6,8,11,14H,2-3,7H2,1H3,(H,15,16)/t11-/m0/s1. The molecule has 0 fully saturated rings. The van der Waals surface area contributed by atoms with Gasteiger partial charge in [-0.25, -0.2) is 12.8 Å². The molecule has 0 aliphatic heterocycles. The summed E-state index contributed by atoms with van der Waals surface area (Å²) in [5.41, 5.74) is 0. The lowest BCUT2D eigenvalue weighted by atomic mass is 10.1. The van der Waals surface area contributed by atoms with E-state index >= 15 is 0 Å². The first kappa shape index (κ1) is 15.6. The SMILES string of the molecule is CCCC[C@H](NS(=O)(=O)c1cccc(F)c1)C(=O)O. The van der Waals surface area contributed by atoms with Gasteiger partial charge in [0.15, 0.2) is 0 Å². The van der Waals surface area contributed by atoms with E-state index in [1.165, 1.54) is 12.1 Å². The fourth-order valence-corrected chi connectivity index (χ4v) is 2.79. The third kappa shape index (κ3) is 4.60. The van der Waals surface area contributed by atoms with Gasteiger partial charge in [-0.15, -0.1) is 0 Å². The van der Waals surface area contributed by atoms with Crippen LogP contribution in [-0.4, -0.2) is 25.5 Å². The second kappa shape index (κ2) is 6.63. The molecule has 106 valence electrons. The van der Waals surface area contributed by atoms with Crippen LogP contribution >= 0.6 is 0 Å². The zero-order valence-corrected chi connectivity index (χ0v) is 11.3. The Balaban J connectivity index is 2.91. The lowest BCUT2D eigenvalue weighted by molar-refractivity contribution is -0.139. The number of unbranched alkanes of at least 4 members (excludes halogenated alkanes) is 1. The molecule has 2 N–H and O–H groups in total. The molecule has 5 nitrogen and oxygen atoms in total. The van der Waals surface area contributed by atoms with Gasteiger partial charge in [0.25, 0.3) is 0 Å². The minimum absolute atomic E-state index is 0.195. The molecule has 0 aliphatic rings. The first-order valence-corrected chi connectivity index (χ1v) is 7.36. The summed E-state index contributed by atoms with van der Waals surface area (Å²) in [6.45, 7) is 1.87. The number of hydrogen-bond donors (Lipinski definition) is 2. The molecule has 0 heterocycles. The topological polar surface area (TPSA) is 83.5 Å². The van der Waals surface area contributed by atoms with E-state index in [1.54, 1.807) is 0 Å². The fraction of sp³-hybridized carbons (Fsp3) is 0.417. The number of carbonyl (C=O) groups is 1. The highest BCUT2D eigenvalue weighted by Crippen LogP contribution is 2.12. The van der Waals surface area contributed by atoms with Crippen molar-refractivity contribution in [3.8, 4) is 0 Å². The van der Waals surface area contributed by atoms with Gasteiger partial charge in [-0.2, -0.15) is 4.72 Å². The monoisotopic (exact) mass is 289 g/mol. The third-order valence-corrected chi connectivity index (χ3v) is 4.02. The molecule has 0 amide bonds. The van der Waals surface area contributed by atoms with E-state index in [1.807, 2.05) is 6.92 Å². The zero-order valence-electron chi connectivity index (χ0n) is 10.5. The predicted octanol–water partition coefficient (Wildman–Crippen LogP) is 1.75. The van der Waals surface area contributed by atoms with Gasteiger partial charge in [0, 0.05) is 0 Å². The number of hydrogen-bond acceptors (Lipinski definition) is 3. The largest absolute Gasteiger partial charge is 0.480 e. The molecule has 1 rings (SSSR count). The highest BCUT2D eigenvalue weighted by atomic mass is 32.2. The van der Waals surface area contributed by atoms with Gasteiger partial charge in [-0.05, 0) is 24.6 Å². The summed E-state index contributed by atoms with van der Waals surface area (Å²) in [7, 11) is -4.03. The number of carboxylic acid groups (broad SMARTS) is 1. The lowest BCUT2D eigenvalue weighted by Crippen LogP contribution is -2.40. The van der Waals surface area contributed by atoms with Crippen LogP contribution in [0.3, 0.4) is 0 Å². The van der Waals surface area contributed by atoms with Crippen molar-refractivity contribution in [2.24, 2.45) is 0 Å². The second-order valence-electron chi connectivity index (χ2n) is 4.11. The number of aliphatic carboxylic acids is 1. The predicted molar refractivity (Wildman–Crippen MR) is 67.7 cm³/mol. The number of benzene rings is 1. The Bertz CT molecular complexity index is 544. The third-order valence-electron chi connectivity index (χ3n) is 2.55. The maximum atomic E-state index is 13.0. The van der Waals surface area contributed by atoms with Gasteiger partial charge in [0.2, 0.25) is 10.0 Å². The van der Waals surface area contributed by atoms with E-state index in [9.17, 15) is 17.6 Å². The van der Waals surface area contributed by atoms with Gasteiger partial charge in [-0.3, -0.25) is 4.79 Å². The van der Waals surface area contributed by atoms with Crippen molar-refractivity contribution in [1.82, 2.24) is 4.72 Å². The van der Waals surface area contributed by atoms with Crippen LogP contribution in [-0.2, 0) is 14.8 Å². The summed E-state index contributed by atoms with van der Waals surface area (Å²) in [6.07, 6.45) is 1.54. The Labute approximate surface area is 111 Å². The molecule has 0 spiro atoms. The highest BCUT2D eigenvalue weighted by Gasteiger charge is 2.24. The maximum absolute atomic E-state index is 13.0. The molecule has 0 saturated heterocycles. The van der Waals surface area contributed by atoms with E-state index < -0.39 is 27.9 Å². The summed E-state index contributed by atoms with van der Waals surface area (Å²) in [4.78, 5) is 10.7. The summed E-state index contributed by atoms with van der Waals surface area (Å²) in [6, 6.07) is 3.23. The molecule has 7 heteroatoms. The Hall–Kier alpha value is -1.47. The van der Waals surface area contributed by atoms with E-state index in [0.29, 0.717) is 6.42 Å². The van der Waals surface area contributed by atoms with Crippen LogP contribution in [0, 0.1) is 5.82 Å². The van der Waals surface area contributed by atoms with Gasteiger partial charge < -0.3 is 5.11 Å². The molecule has 0 saturated carbocycles. The van der Waals surface area contributed by atoms with Crippen LogP contribution in [0.2, 0.25) is 0 Å². The quantitative estimate of drug-likeness (QED) is 0.801. The summed E-state index contributed by atoms with van der Waals surface area (Å²) >= 11 is 0. The van der Waals surface area contributed by atoms with Crippen molar-refractivity contribution in [1.29, 1.82) is 0 Å². The van der Waals surface area contributed by atoms with Crippen LogP contribution in [0.15, 0.2) is 29.2 Å². The molecular weight excluding hydrogens is 273 g/mol. The van der Waals surface area contributed by atoms with Gasteiger partial charge in [0.05, 0.1) is 4.90 Å². The molecule has 0 aromatic heterocycles. The van der Waals surface area contributed by atoms with Crippen molar-refractivity contribution >= 4 is 16.0 Å². The number of sulfonamides is 1. The Morgan fingerprint density at radius 1 is 1.47 bits per heavy atom. The Morgan fingerprint density at radius 3 is 2.68 bits per heavy atom. The number of halogens is 1. The molecule has 1 aromatic rings. The molecular formula is C12H16FNO4S. The molecule has 0 aliphatic carbocycles. The van der Waals surface area contributed by atoms with Crippen molar-refractivity contribution in [3.63, 3.8) is 0 Å². The van der Waals surface area contributed by atoms with Gasteiger partial charge >= 0.3 is 5.97 Å². The number of nitrogens with one attached hydrogen (secondary N) is 1. The second-order valence-corrected chi connectivity index (χ2v) is 5.83. The average molecular weight is 289 g/mol. The van der Waals surface area contributed by atoms with Gasteiger partial charge in [-0.1, -0.05) is 25.8 Å². The van der Waals surface area contributed by atoms with Crippen LogP contribution in [0.4, 0.5) is 4.39 Å². The fourth-order valence-electron chi connectivity index (χ4n) is 1.53. The van der Waals surface area contributed by atoms with Crippen LogP contribution in [0.5, 0.6) is 0 Å². The zero-order chi connectivity index (χ0) is 14.5. The van der Waals surface area contributed by atoms with Crippen molar-refractivity contribution in [2.45, 2.75) is 37.1 Å². The molecule has 1 atom stereocenters. The summed E-state index contributed by atoms with van der Waals surface area (Å²) in [5, 5.41) is 8.96. The summed E-state index contributed by atoms with van der Waals surface area (Å²) < 4.78 is 38.9. The van der Waals surface area contributed by atoms with E-state index in [0.717, 1.165) is 18.6 Å². The van der Waals surface area contributed by atoms with Crippen LogP contribution in [0.1, 0.15) is 26.2 Å². The number of carboxylic acids is 1. The van der Waals surface area contributed by atoms with Gasteiger partial charge in [0.1, 0.15) is 11.9 Å². The smallest absolute Gasteiger partial charge is 0.321 e. The lowest BCUT2D eigenvalue weighted by Gasteiger charge is -2.14. The number of rotatable bonds is 7. The molecule has 0 bridgehead atoms. The van der Waals surface area contributed by atoms with Crippen LogP contribution < -0.4 is 4.72 Å². The van der Waals surface area contributed by atoms with E-state index in [-0.39, 0.29) is 11.3 Å². The highest BCUT2D eigenvalue weighted by molar-refractivity contribution is 7.89. The first-order valence-electron chi connectivity index (χ1n) is 5.87. The van der Waals surface area contributed by atoms with Crippen molar-refractivity contribution < 1.29 is 22.7 Å². The first-order chi connectivity index (χ1) is 8.86. The molecule has 0 radical (unpaired) electrons. The minimum Gasteiger partial charge on any atom is -0.480 e. The van der Waals surface area contributed by atoms with Crippen molar-refractivity contribution in [2.75, 3.05) is 0 Å². The van der Waals surface area contributed by atoms with E-state index in [2.05, 4.69) is 4.72 Å². The van der Waals surface area contributed by atoms with Crippen molar-refractivity contribution in [3.05, 3.63) is 30.1 Å². The Morgan fingerprint density at radius 2 is 2.16 bits per heavy atom. The Kier molecular flexibility index (Phi) is 5.44. The molecule has 19 heavy (non-hydrogen) atoms. The minimum atomic E-state index is -4.03. The van der Waals surface area contributed by atoms with E-state index in [4.69, 9.17) is 5.11 Å². The molecule has 0 unspecified atom stereocenters. The maximum Gasteiger partial charge on any atom is 0.321 e. The molecule has 1 aromatic carbocycles.